The molecule has 0 saturated heterocycles. The van der Waals surface area contributed by atoms with E-state index in [9.17, 15) is 0 Å². The Morgan fingerprint density at radius 2 is 1.56 bits per heavy atom. The van der Waals surface area contributed by atoms with E-state index in [0.717, 1.165) is 22.5 Å². The number of aromatic nitrogens is 2. The smallest absolute Gasteiger partial charge is 0.159 e. The summed E-state index contributed by atoms with van der Waals surface area (Å²) in [5.74, 6) is 0.712. The highest BCUT2D eigenvalue weighted by Gasteiger charge is 2.05. The van der Waals surface area contributed by atoms with Gasteiger partial charge in [0, 0.05) is 17.0 Å². The summed E-state index contributed by atoms with van der Waals surface area (Å²) < 4.78 is 0. The van der Waals surface area contributed by atoms with E-state index < -0.39 is 0 Å². The summed E-state index contributed by atoms with van der Waals surface area (Å²) in [7, 11) is 0. The predicted octanol–water partition coefficient (Wildman–Crippen LogP) is 3.15. The summed E-state index contributed by atoms with van der Waals surface area (Å²) in [6.45, 7) is 7.99. The molecule has 0 aliphatic carbocycles. The van der Waals surface area contributed by atoms with Gasteiger partial charge in [-0.05, 0) is 25.5 Å². The summed E-state index contributed by atoms with van der Waals surface area (Å²) in [5.41, 5.74) is 3.87. The quantitative estimate of drug-likeness (QED) is 0.761. The van der Waals surface area contributed by atoms with Gasteiger partial charge in [0.2, 0.25) is 0 Å². The summed E-state index contributed by atoms with van der Waals surface area (Å²) in [4.78, 5) is 8.80. The van der Waals surface area contributed by atoms with Gasteiger partial charge in [0.05, 0.1) is 0 Å². The Kier molecular flexibility index (Phi) is 2.82. The van der Waals surface area contributed by atoms with Crippen molar-refractivity contribution in [2.75, 3.05) is 0 Å². The van der Waals surface area contributed by atoms with Crippen molar-refractivity contribution in [3.63, 3.8) is 0 Å². The second kappa shape index (κ2) is 4.27. The van der Waals surface area contributed by atoms with E-state index in [4.69, 9.17) is 0 Å². The number of benzene rings is 1. The third-order valence-electron chi connectivity index (χ3n) is 2.37. The molecule has 0 bridgehead atoms. The third kappa shape index (κ3) is 2.16. The van der Waals surface area contributed by atoms with Crippen molar-refractivity contribution in [3.8, 4) is 0 Å². The number of nitrogens with zero attached hydrogens (tertiary/aromatic N) is 2. The normalized spacial score (nSPS) is 10.1. The van der Waals surface area contributed by atoms with E-state index in [1.165, 1.54) is 0 Å². The van der Waals surface area contributed by atoms with Crippen molar-refractivity contribution >= 4 is 5.57 Å². The summed E-state index contributed by atoms with van der Waals surface area (Å²) >= 11 is 0. The first-order valence-electron chi connectivity index (χ1n) is 5.24. The molecular formula is C14H14N2. The average molecular weight is 210 g/mol. The monoisotopic (exact) mass is 210 g/mol. The van der Waals surface area contributed by atoms with E-state index in [2.05, 4.69) is 16.5 Å². The first-order chi connectivity index (χ1) is 7.66. The molecule has 0 aliphatic rings. The minimum Gasteiger partial charge on any atom is -0.233 e. The number of aryl methyl sites for hydroxylation is 2. The van der Waals surface area contributed by atoms with Crippen molar-refractivity contribution in [3.05, 3.63) is 65.8 Å². The van der Waals surface area contributed by atoms with Gasteiger partial charge in [0.25, 0.3) is 0 Å². The van der Waals surface area contributed by atoms with Gasteiger partial charge in [0.1, 0.15) is 0 Å². The highest BCUT2D eigenvalue weighted by atomic mass is 14.9. The fourth-order valence-corrected chi connectivity index (χ4v) is 1.63. The Hall–Kier alpha value is -1.96. The van der Waals surface area contributed by atoms with Crippen LogP contribution in [0.4, 0.5) is 0 Å². The van der Waals surface area contributed by atoms with Crippen LogP contribution in [-0.2, 0) is 0 Å². The molecule has 1 aromatic carbocycles. The molecule has 80 valence electrons. The highest BCUT2D eigenvalue weighted by molar-refractivity contribution is 5.74. The van der Waals surface area contributed by atoms with Crippen LogP contribution in [0, 0.1) is 13.8 Å². The lowest BCUT2D eigenvalue weighted by molar-refractivity contribution is 1.02. The molecule has 0 aliphatic heterocycles. The lowest BCUT2D eigenvalue weighted by atomic mass is 10.1. The van der Waals surface area contributed by atoms with Crippen LogP contribution in [0.5, 0.6) is 0 Å². The maximum absolute atomic E-state index is 4.40. The molecule has 16 heavy (non-hydrogen) atoms. The molecule has 0 saturated carbocycles. The van der Waals surface area contributed by atoms with Crippen LogP contribution in [0.25, 0.3) is 5.57 Å². The van der Waals surface area contributed by atoms with Gasteiger partial charge in [-0.25, -0.2) is 9.97 Å². The topological polar surface area (TPSA) is 25.8 Å². The molecule has 0 fully saturated rings. The Labute approximate surface area is 95.7 Å². The number of hydrogen-bond acceptors (Lipinski definition) is 2. The minimum absolute atomic E-state index is 0.712. The molecule has 2 rings (SSSR count). The van der Waals surface area contributed by atoms with Crippen molar-refractivity contribution in [1.82, 2.24) is 9.97 Å². The highest BCUT2D eigenvalue weighted by Crippen LogP contribution is 2.18. The van der Waals surface area contributed by atoms with Crippen LogP contribution in [0.3, 0.4) is 0 Å². The van der Waals surface area contributed by atoms with E-state index in [-0.39, 0.29) is 0 Å². The second-order valence-electron chi connectivity index (χ2n) is 3.82. The van der Waals surface area contributed by atoms with Gasteiger partial charge < -0.3 is 0 Å². The Morgan fingerprint density at radius 3 is 2.12 bits per heavy atom. The van der Waals surface area contributed by atoms with Crippen molar-refractivity contribution in [1.29, 1.82) is 0 Å². The van der Waals surface area contributed by atoms with Crippen LogP contribution in [0.1, 0.15) is 22.8 Å². The van der Waals surface area contributed by atoms with Crippen LogP contribution >= 0.6 is 0 Å². The van der Waals surface area contributed by atoms with E-state index in [0.29, 0.717) is 5.82 Å². The Morgan fingerprint density at radius 1 is 1.00 bits per heavy atom. The van der Waals surface area contributed by atoms with Gasteiger partial charge in [-0.15, -0.1) is 0 Å². The molecule has 0 amide bonds. The van der Waals surface area contributed by atoms with Crippen LogP contribution in [-0.4, -0.2) is 9.97 Å². The van der Waals surface area contributed by atoms with Crippen LogP contribution < -0.4 is 0 Å². The minimum atomic E-state index is 0.712. The summed E-state index contributed by atoms with van der Waals surface area (Å²) in [6.07, 6.45) is 0. The zero-order chi connectivity index (χ0) is 11.5. The largest absolute Gasteiger partial charge is 0.233 e. The average Bonchev–Trinajstić information content (AvgIpc) is 2.28. The lowest BCUT2D eigenvalue weighted by Gasteiger charge is -2.06. The van der Waals surface area contributed by atoms with Crippen LogP contribution in [0.2, 0.25) is 0 Å². The van der Waals surface area contributed by atoms with Gasteiger partial charge in [-0.1, -0.05) is 36.9 Å². The fraction of sp³-hybridized carbons (Fsp3) is 0.143. The zero-order valence-corrected chi connectivity index (χ0v) is 9.57. The standard InChI is InChI=1S/C14H14N2/c1-10-9-11(2)16-14(15-10)12(3)13-7-5-4-6-8-13/h4-9H,3H2,1-2H3. The molecule has 1 heterocycles. The first-order valence-corrected chi connectivity index (χ1v) is 5.24. The zero-order valence-electron chi connectivity index (χ0n) is 9.57. The van der Waals surface area contributed by atoms with Crippen molar-refractivity contribution in [2.24, 2.45) is 0 Å². The van der Waals surface area contributed by atoms with Gasteiger partial charge in [-0.3, -0.25) is 0 Å². The van der Waals surface area contributed by atoms with E-state index in [1.807, 2.05) is 50.2 Å². The van der Waals surface area contributed by atoms with E-state index >= 15 is 0 Å². The van der Waals surface area contributed by atoms with Gasteiger partial charge in [-0.2, -0.15) is 0 Å². The molecule has 0 unspecified atom stereocenters. The van der Waals surface area contributed by atoms with Crippen LogP contribution in [0.15, 0.2) is 43.0 Å². The molecular weight excluding hydrogens is 196 g/mol. The molecule has 2 heteroatoms. The fourth-order valence-electron chi connectivity index (χ4n) is 1.63. The maximum Gasteiger partial charge on any atom is 0.159 e. The lowest BCUT2D eigenvalue weighted by Crippen LogP contribution is -1.98. The van der Waals surface area contributed by atoms with Crippen molar-refractivity contribution < 1.29 is 0 Å². The molecule has 0 N–H and O–H groups in total. The van der Waals surface area contributed by atoms with E-state index in [1.54, 1.807) is 0 Å². The van der Waals surface area contributed by atoms with Crippen molar-refractivity contribution in [2.45, 2.75) is 13.8 Å². The molecule has 0 spiro atoms. The maximum atomic E-state index is 4.40. The second-order valence-corrected chi connectivity index (χ2v) is 3.82. The van der Waals surface area contributed by atoms with Gasteiger partial charge >= 0.3 is 0 Å². The predicted molar refractivity (Wildman–Crippen MR) is 66.1 cm³/mol. The molecule has 1 aromatic heterocycles. The SMILES string of the molecule is C=C(c1ccccc1)c1nc(C)cc(C)n1. The number of hydrogen-bond donors (Lipinski definition) is 0. The Balaban J connectivity index is 2.42. The molecule has 0 radical (unpaired) electrons. The van der Waals surface area contributed by atoms with Gasteiger partial charge in [0.15, 0.2) is 5.82 Å². The third-order valence-corrected chi connectivity index (χ3v) is 2.37. The molecule has 2 nitrogen and oxygen atoms in total. The first kappa shape index (κ1) is 10.6. The molecule has 2 aromatic rings. The Bertz CT molecular complexity index is 495. The summed E-state index contributed by atoms with van der Waals surface area (Å²) in [5, 5.41) is 0. The number of rotatable bonds is 2. The molecule has 0 atom stereocenters. The summed E-state index contributed by atoms with van der Waals surface area (Å²) in [6, 6.07) is 12.0.